The first-order valence-corrected chi connectivity index (χ1v) is 5.63. The van der Waals surface area contributed by atoms with Gasteiger partial charge in [0.25, 0.3) is 0 Å². The van der Waals surface area contributed by atoms with Crippen LogP contribution in [0.3, 0.4) is 0 Å². The van der Waals surface area contributed by atoms with Gasteiger partial charge < -0.3 is 0 Å². The maximum atomic E-state index is 2.50. The van der Waals surface area contributed by atoms with E-state index in [9.17, 15) is 0 Å². The van der Waals surface area contributed by atoms with Crippen molar-refractivity contribution in [3.63, 3.8) is 0 Å². The molecule has 0 bridgehead atoms. The third-order valence-corrected chi connectivity index (χ3v) is 3.03. The third-order valence-electron chi connectivity index (χ3n) is 2.43. The van der Waals surface area contributed by atoms with E-state index in [2.05, 4.69) is 66.8 Å². The zero-order valence-electron chi connectivity index (χ0n) is 9.04. The van der Waals surface area contributed by atoms with E-state index in [1.807, 2.05) is 0 Å². The topological polar surface area (TPSA) is 0 Å². The Kier molecular flexibility index (Phi) is 4.38. The Labute approximate surface area is 95.6 Å². The summed E-state index contributed by atoms with van der Waals surface area (Å²) in [4.78, 5) is 0. The standard InChI is InChI=1S/C13H16.V/c1-10(2)12(4)6-8-13-7-5-11(3)9-13;/h1,5-8H,9H2,2-4H3;/q;+2/b8-6?,12-10+;. The van der Waals surface area contributed by atoms with Gasteiger partial charge in [-0.05, 0) is 0 Å². The van der Waals surface area contributed by atoms with Gasteiger partial charge in [-0.1, -0.05) is 0 Å². The molecule has 0 saturated carbocycles. The molecule has 0 saturated heterocycles. The molecular formula is C13H16V+2. The summed E-state index contributed by atoms with van der Waals surface area (Å²) in [7, 11) is 0. The van der Waals surface area contributed by atoms with Crippen molar-refractivity contribution in [1.29, 1.82) is 0 Å². The molecule has 0 amide bonds. The summed E-state index contributed by atoms with van der Waals surface area (Å²) in [5.74, 6) is 0. The van der Waals surface area contributed by atoms with Gasteiger partial charge in [0, 0.05) is 0 Å². The van der Waals surface area contributed by atoms with Gasteiger partial charge in [0.15, 0.2) is 0 Å². The predicted octanol–water partition coefficient (Wildman–Crippen LogP) is 3.50. The summed E-state index contributed by atoms with van der Waals surface area (Å²) in [6.45, 7) is 6.44. The molecule has 0 heterocycles. The molecule has 0 aliphatic heterocycles. The molecule has 0 aromatic rings. The summed E-state index contributed by atoms with van der Waals surface area (Å²) in [6, 6.07) is 0. The Hall–Kier alpha value is -0.586. The van der Waals surface area contributed by atoms with Crippen LogP contribution in [-0.2, 0) is 17.0 Å². The normalized spacial score (nSPS) is 18.1. The minimum absolute atomic E-state index is 1.11. The van der Waals surface area contributed by atoms with Crippen LogP contribution in [0.25, 0.3) is 0 Å². The van der Waals surface area contributed by atoms with Crippen molar-refractivity contribution in [2.75, 3.05) is 0 Å². The number of hydrogen-bond acceptors (Lipinski definition) is 0. The maximum absolute atomic E-state index is 2.50. The van der Waals surface area contributed by atoms with Gasteiger partial charge in [0.2, 0.25) is 0 Å². The average molecular weight is 223 g/mol. The fourth-order valence-corrected chi connectivity index (χ4v) is 1.59. The van der Waals surface area contributed by atoms with E-state index in [0.29, 0.717) is 0 Å². The van der Waals surface area contributed by atoms with Crippen molar-refractivity contribution < 1.29 is 17.0 Å². The first-order chi connectivity index (χ1) is 6.63. The molecular weight excluding hydrogens is 207 g/mol. The van der Waals surface area contributed by atoms with Crippen LogP contribution in [0.1, 0.15) is 27.2 Å². The fourth-order valence-electron chi connectivity index (χ4n) is 1.27. The molecule has 1 aliphatic carbocycles. The predicted molar refractivity (Wildman–Crippen MR) is 60.0 cm³/mol. The molecule has 1 aliphatic rings. The van der Waals surface area contributed by atoms with Gasteiger partial charge in [0.1, 0.15) is 0 Å². The van der Waals surface area contributed by atoms with Crippen LogP contribution in [0.4, 0.5) is 0 Å². The van der Waals surface area contributed by atoms with Gasteiger partial charge in [-0.2, -0.15) is 0 Å². The van der Waals surface area contributed by atoms with Crippen molar-refractivity contribution in [2.45, 2.75) is 27.2 Å². The Morgan fingerprint density at radius 2 is 2.00 bits per heavy atom. The summed E-state index contributed by atoms with van der Waals surface area (Å²) in [5, 5.41) is 0. The Morgan fingerprint density at radius 1 is 1.29 bits per heavy atom. The third kappa shape index (κ3) is 3.28. The van der Waals surface area contributed by atoms with E-state index >= 15 is 0 Å². The molecule has 0 unspecified atom stereocenters. The van der Waals surface area contributed by atoms with Crippen LogP contribution >= 0.6 is 0 Å². The molecule has 0 spiro atoms. The van der Waals surface area contributed by atoms with Crippen LogP contribution in [0, 0.1) is 0 Å². The number of rotatable bonds is 3. The Bertz CT molecular complexity index is 351. The van der Waals surface area contributed by atoms with Crippen LogP contribution in [-0.4, -0.2) is 4.73 Å². The van der Waals surface area contributed by atoms with Gasteiger partial charge >= 0.3 is 95.5 Å². The molecule has 71 valence electrons. The summed E-state index contributed by atoms with van der Waals surface area (Å²) in [5.41, 5.74) is 5.50. The van der Waals surface area contributed by atoms with E-state index in [0.717, 1.165) is 6.42 Å². The first-order valence-electron chi connectivity index (χ1n) is 4.83. The number of hydrogen-bond donors (Lipinski definition) is 0. The van der Waals surface area contributed by atoms with Crippen molar-refractivity contribution >= 4 is 4.73 Å². The van der Waals surface area contributed by atoms with E-state index < -0.39 is 0 Å². The van der Waals surface area contributed by atoms with Gasteiger partial charge in [-0.25, -0.2) is 0 Å². The monoisotopic (exact) mass is 223 g/mol. The van der Waals surface area contributed by atoms with Crippen LogP contribution in [0.5, 0.6) is 0 Å². The van der Waals surface area contributed by atoms with E-state index in [-0.39, 0.29) is 0 Å². The zero-order valence-corrected chi connectivity index (χ0v) is 10.4. The summed E-state index contributed by atoms with van der Waals surface area (Å²) >= 11 is 2.50. The van der Waals surface area contributed by atoms with Crippen LogP contribution in [0.15, 0.2) is 46.6 Å². The second kappa shape index (κ2) is 5.33. The second-order valence-electron chi connectivity index (χ2n) is 3.76. The van der Waals surface area contributed by atoms with E-state index in [1.165, 1.54) is 22.3 Å². The summed E-state index contributed by atoms with van der Waals surface area (Å²) < 4.78 is 2.08. The van der Waals surface area contributed by atoms with Crippen LogP contribution in [0.2, 0.25) is 0 Å². The molecule has 1 rings (SSSR count). The van der Waals surface area contributed by atoms with Crippen molar-refractivity contribution in [1.82, 2.24) is 0 Å². The average Bonchev–Trinajstić information content (AvgIpc) is 2.59. The second-order valence-corrected chi connectivity index (χ2v) is 4.16. The molecule has 0 fully saturated rings. The van der Waals surface area contributed by atoms with E-state index in [4.69, 9.17) is 0 Å². The summed E-state index contributed by atoms with van der Waals surface area (Å²) in [6.07, 6.45) is 9.89. The molecule has 0 N–H and O–H groups in total. The molecule has 0 radical (unpaired) electrons. The van der Waals surface area contributed by atoms with Gasteiger partial charge in [0.05, 0.1) is 0 Å². The Morgan fingerprint density at radius 3 is 2.50 bits per heavy atom. The molecule has 0 aromatic heterocycles. The van der Waals surface area contributed by atoms with Crippen LogP contribution < -0.4 is 0 Å². The van der Waals surface area contributed by atoms with Gasteiger partial charge in [-0.3, -0.25) is 0 Å². The quantitative estimate of drug-likeness (QED) is 0.642. The number of allylic oxidation sites excluding steroid dienone is 8. The van der Waals surface area contributed by atoms with Crippen molar-refractivity contribution in [3.05, 3.63) is 46.6 Å². The van der Waals surface area contributed by atoms with Crippen molar-refractivity contribution in [3.8, 4) is 0 Å². The first kappa shape index (κ1) is 11.5. The SMILES string of the molecule is CC1=CC=C(C=C/C(C)=C(/C)[CH]=[V+2])C1. The fraction of sp³-hybridized carbons (Fsp3) is 0.308. The van der Waals surface area contributed by atoms with Crippen molar-refractivity contribution in [2.24, 2.45) is 0 Å². The molecule has 0 aromatic carbocycles. The molecule has 14 heavy (non-hydrogen) atoms. The van der Waals surface area contributed by atoms with Gasteiger partial charge in [-0.15, -0.1) is 0 Å². The molecule has 1 heteroatoms. The molecule has 0 nitrogen and oxygen atoms in total. The minimum atomic E-state index is 1.11. The van der Waals surface area contributed by atoms with E-state index in [1.54, 1.807) is 0 Å². The molecule has 0 atom stereocenters. The Balaban J connectivity index is 2.63. The zero-order chi connectivity index (χ0) is 10.6.